The first-order valence-corrected chi connectivity index (χ1v) is 12.0. The smallest absolute Gasteiger partial charge is 0.347 e. The SMILES string of the molecule is C/C=S(\C)Nc1ccc(SC(F)(F)F)cc1C(=O)NC12CCC(C#N)(CC1)CC2. The van der Waals surface area contributed by atoms with E-state index in [1.54, 1.807) is 0 Å². The molecule has 3 aliphatic carbocycles. The summed E-state index contributed by atoms with van der Waals surface area (Å²) in [6.45, 7) is 1.88. The van der Waals surface area contributed by atoms with Crippen molar-refractivity contribution in [1.82, 2.24) is 5.32 Å². The highest BCUT2D eigenvalue weighted by atomic mass is 32.2. The molecule has 1 unspecified atom stereocenters. The molecular formula is C20H24F3N3OS2. The molecule has 1 aromatic rings. The topological polar surface area (TPSA) is 64.9 Å². The summed E-state index contributed by atoms with van der Waals surface area (Å²) in [7, 11) is -0.318. The summed E-state index contributed by atoms with van der Waals surface area (Å²) < 4.78 is 41.7. The second-order valence-electron chi connectivity index (χ2n) is 7.78. The van der Waals surface area contributed by atoms with Gasteiger partial charge in [-0.1, -0.05) is 0 Å². The third kappa shape index (κ3) is 5.10. The number of halogens is 3. The van der Waals surface area contributed by atoms with E-state index in [1.807, 2.05) is 18.5 Å². The van der Waals surface area contributed by atoms with Gasteiger partial charge in [-0.2, -0.15) is 18.4 Å². The van der Waals surface area contributed by atoms with Crippen LogP contribution in [-0.2, 0) is 0 Å². The van der Waals surface area contributed by atoms with Crippen molar-refractivity contribution in [2.24, 2.45) is 5.41 Å². The van der Waals surface area contributed by atoms with Gasteiger partial charge in [-0.25, -0.2) is 0 Å². The average Bonchev–Trinajstić information content (AvgIpc) is 2.69. The van der Waals surface area contributed by atoms with Gasteiger partial charge in [0.1, 0.15) is 0 Å². The van der Waals surface area contributed by atoms with Crippen LogP contribution in [0.3, 0.4) is 0 Å². The molecule has 0 aliphatic heterocycles. The van der Waals surface area contributed by atoms with Crippen molar-refractivity contribution < 1.29 is 18.0 Å². The molecule has 3 saturated carbocycles. The Bertz CT molecular complexity index is 852. The van der Waals surface area contributed by atoms with Crippen LogP contribution in [0, 0.1) is 16.7 Å². The molecule has 9 heteroatoms. The number of nitrogens with one attached hydrogen (secondary N) is 2. The zero-order chi connectivity index (χ0) is 21.3. The number of alkyl halides is 3. The molecule has 2 N–H and O–H groups in total. The van der Waals surface area contributed by atoms with Crippen molar-refractivity contribution in [1.29, 1.82) is 5.26 Å². The van der Waals surface area contributed by atoms with Crippen LogP contribution in [0.25, 0.3) is 0 Å². The van der Waals surface area contributed by atoms with Gasteiger partial charge < -0.3 is 10.0 Å². The van der Waals surface area contributed by atoms with Crippen LogP contribution >= 0.6 is 22.4 Å². The number of amides is 1. The lowest BCUT2D eigenvalue weighted by Gasteiger charge is -2.50. The van der Waals surface area contributed by atoms with Gasteiger partial charge in [-0.15, -0.1) is 10.7 Å². The van der Waals surface area contributed by atoms with Crippen LogP contribution < -0.4 is 10.0 Å². The van der Waals surface area contributed by atoms with Crippen LogP contribution in [0.15, 0.2) is 23.1 Å². The van der Waals surface area contributed by atoms with Gasteiger partial charge in [0.2, 0.25) is 0 Å². The molecular weight excluding hydrogens is 419 g/mol. The lowest BCUT2D eigenvalue weighted by Crippen LogP contribution is -2.56. The fraction of sp³-hybridized carbons (Fsp3) is 0.550. The first-order valence-electron chi connectivity index (χ1n) is 9.44. The number of nitriles is 1. The molecule has 4 nitrogen and oxygen atoms in total. The van der Waals surface area contributed by atoms with E-state index in [1.165, 1.54) is 18.2 Å². The number of carbonyl (C=O) groups excluding carboxylic acids is 1. The van der Waals surface area contributed by atoms with E-state index < -0.39 is 5.51 Å². The fourth-order valence-corrected chi connectivity index (χ4v) is 5.30. The van der Waals surface area contributed by atoms with Crippen molar-refractivity contribution in [3.05, 3.63) is 23.8 Å². The van der Waals surface area contributed by atoms with E-state index in [0.717, 1.165) is 38.5 Å². The molecule has 158 valence electrons. The van der Waals surface area contributed by atoms with Crippen molar-refractivity contribution >= 4 is 39.4 Å². The minimum absolute atomic E-state index is 0.0158. The van der Waals surface area contributed by atoms with Crippen LogP contribution in [0.2, 0.25) is 0 Å². The summed E-state index contributed by atoms with van der Waals surface area (Å²) in [4.78, 5) is 13.1. The zero-order valence-electron chi connectivity index (χ0n) is 16.4. The summed E-state index contributed by atoms with van der Waals surface area (Å²) in [6.07, 6.45) is 6.38. The lowest BCUT2D eigenvalue weighted by molar-refractivity contribution is -0.0328. The Morgan fingerprint density at radius 1 is 1.24 bits per heavy atom. The first kappa shape index (κ1) is 22.0. The Kier molecular flexibility index (Phi) is 6.25. The van der Waals surface area contributed by atoms with E-state index in [2.05, 4.69) is 16.1 Å². The van der Waals surface area contributed by atoms with E-state index in [-0.39, 0.29) is 49.8 Å². The van der Waals surface area contributed by atoms with Crippen molar-refractivity contribution in [3.63, 3.8) is 0 Å². The molecule has 3 fully saturated rings. The van der Waals surface area contributed by atoms with E-state index in [9.17, 15) is 23.2 Å². The zero-order valence-corrected chi connectivity index (χ0v) is 18.0. The van der Waals surface area contributed by atoms with Crippen molar-refractivity contribution in [3.8, 4) is 6.07 Å². The molecule has 0 heterocycles. The van der Waals surface area contributed by atoms with Crippen LogP contribution in [0.5, 0.6) is 0 Å². The van der Waals surface area contributed by atoms with Gasteiger partial charge in [0.25, 0.3) is 5.91 Å². The van der Waals surface area contributed by atoms with Crippen LogP contribution in [-0.4, -0.2) is 28.6 Å². The number of benzene rings is 1. The number of nitrogens with zero attached hydrogens (tertiary/aromatic N) is 1. The summed E-state index contributed by atoms with van der Waals surface area (Å²) in [5.74, 6) is -0.364. The van der Waals surface area contributed by atoms with Gasteiger partial charge in [0.15, 0.2) is 0 Å². The molecule has 0 aromatic heterocycles. The van der Waals surface area contributed by atoms with Gasteiger partial charge >= 0.3 is 5.51 Å². The highest BCUT2D eigenvalue weighted by Gasteiger charge is 2.49. The lowest BCUT2D eigenvalue weighted by atomic mass is 9.58. The van der Waals surface area contributed by atoms with Crippen LogP contribution in [0.1, 0.15) is 55.8 Å². The fourth-order valence-electron chi connectivity index (χ4n) is 4.08. The third-order valence-electron chi connectivity index (χ3n) is 5.96. The molecule has 0 radical (unpaired) electrons. The predicted molar refractivity (Wildman–Crippen MR) is 113 cm³/mol. The molecule has 29 heavy (non-hydrogen) atoms. The number of anilines is 1. The summed E-state index contributed by atoms with van der Waals surface area (Å²) >= 11 is -0.223. The van der Waals surface area contributed by atoms with Crippen LogP contribution in [0.4, 0.5) is 18.9 Å². The Morgan fingerprint density at radius 3 is 2.38 bits per heavy atom. The minimum Gasteiger partial charge on any atom is -0.347 e. The number of carbonyl (C=O) groups is 1. The Balaban J connectivity index is 1.86. The van der Waals surface area contributed by atoms with E-state index in [4.69, 9.17) is 0 Å². The predicted octanol–water partition coefficient (Wildman–Crippen LogP) is 5.69. The van der Waals surface area contributed by atoms with Crippen molar-refractivity contribution in [2.45, 2.75) is 61.4 Å². The normalized spacial score (nSPS) is 27.3. The Labute approximate surface area is 175 Å². The maximum Gasteiger partial charge on any atom is 0.446 e. The summed E-state index contributed by atoms with van der Waals surface area (Å²) in [5, 5.41) is 14.5. The Morgan fingerprint density at radius 2 is 1.86 bits per heavy atom. The minimum atomic E-state index is -4.42. The molecule has 1 amide bonds. The summed E-state index contributed by atoms with van der Waals surface area (Å²) in [5.41, 5.74) is -4.31. The summed E-state index contributed by atoms with van der Waals surface area (Å²) in [6, 6.07) is 6.67. The van der Waals surface area contributed by atoms with Gasteiger partial charge in [-0.05, 0) is 87.0 Å². The van der Waals surface area contributed by atoms with Gasteiger partial charge in [0, 0.05) is 10.4 Å². The number of hydrogen-bond acceptors (Lipinski definition) is 4. The monoisotopic (exact) mass is 443 g/mol. The van der Waals surface area contributed by atoms with Gasteiger partial charge in [0.05, 0.1) is 22.7 Å². The van der Waals surface area contributed by atoms with Crippen molar-refractivity contribution in [2.75, 3.05) is 11.0 Å². The van der Waals surface area contributed by atoms with E-state index in [0.29, 0.717) is 5.69 Å². The number of fused-ring (bicyclic) bond motifs is 3. The number of rotatable bonds is 5. The first-order chi connectivity index (χ1) is 13.6. The maximum absolute atomic E-state index is 13.1. The second-order valence-corrected chi connectivity index (χ2v) is 10.7. The maximum atomic E-state index is 13.1. The highest BCUT2D eigenvalue weighted by Crippen LogP contribution is 2.52. The largest absolute Gasteiger partial charge is 0.446 e. The highest BCUT2D eigenvalue weighted by molar-refractivity contribution is 8.15. The second kappa shape index (κ2) is 8.23. The standard InChI is InChI=1S/C20H24F3N3OS2/c1-3-29(2)26-16-5-4-14(28-20(21,22)23)12-15(16)17(27)25-19-9-6-18(13-24,7-10-19)8-11-19/h3-5,12,26H,6-11H2,1-2H3,(H,25,27). The molecule has 1 atom stereocenters. The van der Waals surface area contributed by atoms with Gasteiger partial charge in [-0.3, -0.25) is 4.79 Å². The molecule has 0 saturated heterocycles. The quantitative estimate of drug-likeness (QED) is 0.453. The molecule has 4 rings (SSSR count). The van der Waals surface area contributed by atoms with E-state index >= 15 is 0 Å². The Hall–Kier alpha value is -1.66. The number of thioether (sulfide) groups is 1. The number of hydrogen-bond donors (Lipinski definition) is 2. The average molecular weight is 444 g/mol. The molecule has 3 aliphatic rings. The molecule has 1 aromatic carbocycles. The third-order valence-corrected chi connectivity index (χ3v) is 7.93. The molecule has 2 bridgehead atoms. The molecule has 0 spiro atoms.